The van der Waals surface area contributed by atoms with Crippen molar-refractivity contribution in [3.8, 4) is 0 Å². The summed E-state index contributed by atoms with van der Waals surface area (Å²) in [4.78, 5) is 46.8. The number of benzene rings is 1. The van der Waals surface area contributed by atoms with E-state index in [-0.39, 0.29) is 35.8 Å². The standard InChI is InChI=1S/C19H24N6O7S/c20-19-23-16-14(18(28)24-19)8-11(10-22-16)9-21-13-5-3-12(4-6-13)17(27)25-32-15(26)2-1-7-33(29,30)31/h3-6,11,21H,1-2,7-10H2,(H,25,27)(H,29,30,31)(H4,20,22,23,24,28). The van der Waals surface area contributed by atoms with Crippen LogP contribution in [-0.2, 0) is 26.2 Å². The molecule has 0 aliphatic carbocycles. The van der Waals surface area contributed by atoms with E-state index in [1.807, 2.05) is 5.48 Å². The lowest BCUT2D eigenvalue weighted by molar-refractivity contribution is -0.149. The summed E-state index contributed by atoms with van der Waals surface area (Å²) in [6, 6.07) is 6.44. The number of aromatic nitrogens is 2. The average Bonchev–Trinajstić information content (AvgIpc) is 2.75. The smallest absolute Gasteiger partial charge is 0.332 e. The normalized spacial score (nSPS) is 15.1. The van der Waals surface area contributed by atoms with Gasteiger partial charge in [0.05, 0.1) is 11.3 Å². The number of nitrogens with two attached hydrogens (primary N) is 1. The lowest BCUT2D eigenvalue weighted by Gasteiger charge is -2.25. The largest absolute Gasteiger partial charge is 0.385 e. The molecule has 178 valence electrons. The third-order valence-electron chi connectivity index (χ3n) is 4.87. The molecule has 14 heteroatoms. The van der Waals surface area contributed by atoms with Crippen LogP contribution in [0.15, 0.2) is 29.1 Å². The number of nitrogens with zero attached hydrogens (tertiary/aromatic N) is 1. The van der Waals surface area contributed by atoms with Crippen LogP contribution in [0.1, 0.15) is 28.8 Å². The number of carbonyl (C=O) groups is 2. The number of H-pyrrole nitrogens is 1. The average molecular weight is 481 g/mol. The lowest BCUT2D eigenvalue weighted by Crippen LogP contribution is -2.34. The zero-order valence-corrected chi connectivity index (χ0v) is 18.3. The Bertz CT molecular complexity index is 1180. The molecule has 0 fully saturated rings. The van der Waals surface area contributed by atoms with Crippen LogP contribution < -0.4 is 27.4 Å². The van der Waals surface area contributed by atoms with Crippen molar-refractivity contribution < 1.29 is 27.4 Å². The van der Waals surface area contributed by atoms with Gasteiger partial charge in [0.15, 0.2) is 0 Å². The van der Waals surface area contributed by atoms with Gasteiger partial charge in [0.25, 0.3) is 21.6 Å². The maximum atomic E-state index is 12.1. The molecule has 0 spiro atoms. The molecule has 7 N–H and O–H groups in total. The minimum Gasteiger partial charge on any atom is -0.385 e. The molecule has 1 aromatic carbocycles. The van der Waals surface area contributed by atoms with Gasteiger partial charge in [0, 0.05) is 30.8 Å². The number of nitrogen functional groups attached to an aromatic ring is 1. The van der Waals surface area contributed by atoms with Crippen LogP contribution in [0.4, 0.5) is 17.5 Å². The van der Waals surface area contributed by atoms with Gasteiger partial charge >= 0.3 is 5.97 Å². The number of amides is 1. The van der Waals surface area contributed by atoms with Crippen molar-refractivity contribution in [2.45, 2.75) is 19.3 Å². The molecular formula is C19H24N6O7S. The molecule has 13 nitrogen and oxygen atoms in total. The molecule has 2 heterocycles. The third-order valence-corrected chi connectivity index (χ3v) is 5.67. The number of hydrogen-bond acceptors (Lipinski definition) is 10. The SMILES string of the molecule is Nc1nc2c(c(=O)[nH]1)CC(CNc1ccc(C(=O)NOC(=O)CCCS(=O)(=O)O)cc1)CN2. The minimum absolute atomic E-state index is 0.0684. The second kappa shape index (κ2) is 10.3. The van der Waals surface area contributed by atoms with Crippen LogP contribution in [0.2, 0.25) is 0 Å². The van der Waals surface area contributed by atoms with E-state index in [2.05, 4.69) is 25.4 Å². The predicted octanol–water partition coefficient (Wildman–Crippen LogP) is -0.0956. The summed E-state index contributed by atoms with van der Waals surface area (Å²) in [5.74, 6) is -1.35. The first-order valence-electron chi connectivity index (χ1n) is 10.0. The van der Waals surface area contributed by atoms with E-state index < -0.39 is 27.7 Å². The van der Waals surface area contributed by atoms with Crippen LogP contribution in [0.3, 0.4) is 0 Å². The zero-order valence-electron chi connectivity index (χ0n) is 17.5. The molecule has 1 aromatic heterocycles. The van der Waals surface area contributed by atoms with Gasteiger partial charge in [0.2, 0.25) is 5.95 Å². The van der Waals surface area contributed by atoms with Crippen molar-refractivity contribution in [2.75, 3.05) is 35.2 Å². The van der Waals surface area contributed by atoms with E-state index in [4.69, 9.17) is 10.3 Å². The Balaban J connectivity index is 1.44. The summed E-state index contributed by atoms with van der Waals surface area (Å²) in [6.45, 7) is 1.19. The van der Waals surface area contributed by atoms with Gasteiger partial charge in [-0.2, -0.15) is 18.9 Å². The van der Waals surface area contributed by atoms with E-state index in [1.54, 1.807) is 12.1 Å². The Morgan fingerprint density at radius 1 is 1.27 bits per heavy atom. The summed E-state index contributed by atoms with van der Waals surface area (Å²) in [5, 5.41) is 6.35. The molecule has 1 amide bonds. The van der Waals surface area contributed by atoms with Gasteiger partial charge in [-0.3, -0.25) is 19.1 Å². The molecule has 1 aliphatic rings. The van der Waals surface area contributed by atoms with E-state index in [0.29, 0.717) is 30.9 Å². The van der Waals surface area contributed by atoms with Crippen LogP contribution >= 0.6 is 0 Å². The van der Waals surface area contributed by atoms with Gasteiger partial charge in [-0.25, -0.2) is 4.79 Å². The van der Waals surface area contributed by atoms with Crippen molar-refractivity contribution in [3.63, 3.8) is 0 Å². The molecule has 0 bridgehead atoms. The fourth-order valence-corrected chi connectivity index (χ4v) is 3.72. The maximum Gasteiger partial charge on any atom is 0.332 e. The number of aromatic amines is 1. The highest BCUT2D eigenvalue weighted by Crippen LogP contribution is 2.20. The van der Waals surface area contributed by atoms with Crippen molar-refractivity contribution in [1.82, 2.24) is 15.4 Å². The zero-order chi connectivity index (χ0) is 24.0. The van der Waals surface area contributed by atoms with Crippen molar-refractivity contribution in [1.29, 1.82) is 0 Å². The Kier molecular flexibility index (Phi) is 7.50. The topological polar surface area (TPSA) is 206 Å². The molecule has 1 unspecified atom stereocenters. The van der Waals surface area contributed by atoms with E-state index in [9.17, 15) is 22.8 Å². The molecule has 3 rings (SSSR count). The Morgan fingerprint density at radius 2 is 2.00 bits per heavy atom. The number of hydrogen-bond donors (Lipinski definition) is 6. The van der Waals surface area contributed by atoms with Gasteiger partial charge < -0.3 is 21.2 Å². The first-order chi connectivity index (χ1) is 15.6. The number of nitrogens with one attached hydrogen (secondary N) is 4. The molecule has 0 saturated heterocycles. The van der Waals surface area contributed by atoms with E-state index in [1.165, 1.54) is 12.1 Å². The highest BCUT2D eigenvalue weighted by molar-refractivity contribution is 7.85. The summed E-state index contributed by atoms with van der Waals surface area (Å²) in [6.07, 6.45) is 0.127. The Morgan fingerprint density at radius 3 is 2.70 bits per heavy atom. The fourth-order valence-electron chi connectivity index (χ4n) is 3.21. The fraction of sp³-hybridized carbons (Fsp3) is 0.368. The van der Waals surface area contributed by atoms with E-state index in [0.717, 1.165) is 5.69 Å². The van der Waals surface area contributed by atoms with Gasteiger partial charge in [-0.1, -0.05) is 0 Å². The quantitative estimate of drug-likeness (QED) is 0.217. The number of hydroxylamine groups is 1. The van der Waals surface area contributed by atoms with Crippen molar-refractivity contribution in [3.05, 3.63) is 45.7 Å². The van der Waals surface area contributed by atoms with Crippen LogP contribution in [0, 0.1) is 5.92 Å². The van der Waals surface area contributed by atoms with Crippen LogP contribution in [0.25, 0.3) is 0 Å². The van der Waals surface area contributed by atoms with Gasteiger partial charge in [0.1, 0.15) is 5.82 Å². The molecule has 0 radical (unpaired) electrons. The van der Waals surface area contributed by atoms with E-state index >= 15 is 0 Å². The summed E-state index contributed by atoms with van der Waals surface area (Å²) in [7, 11) is -4.15. The minimum atomic E-state index is -4.15. The van der Waals surface area contributed by atoms with Gasteiger partial charge in [-0.05, 0) is 43.0 Å². The predicted molar refractivity (Wildman–Crippen MR) is 119 cm³/mol. The lowest BCUT2D eigenvalue weighted by atomic mass is 9.96. The maximum absolute atomic E-state index is 12.1. The highest BCUT2D eigenvalue weighted by Gasteiger charge is 2.22. The first kappa shape index (κ1) is 24.0. The van der Waals surface area contributed by atoms with Gasteiger partial charge in [-0.15, -0.1) is 0 Å². The number of carbonyl (C=O) groups excluding carboxylic acids is 2. The Labute approximate surface area is 188 Å². The summed E-state index contributed by atoms with van der Waals surface area (Å²) >= 11 is 0. The summed E-state index contributed by atoms with van der Waals surface area (Å²) in [5.41, 5.74) is 8.84. The molecule has 2 aromatic rings. The third kappa shape index (κ3) is 7.18. The summed E-state index contributed by atoms with van der Waals surface area (Å²) < 4.78 is 29.8. The highest BCUT2D eigenvalue weighted by atomic mass is 32.2. The molecule has 0 saturated carbocycles. The monoisotopic (exact) mass is 480 g/mol. The number of fused-ring (bicyclic) bond motifs is 1. The second-order valence-electron chi connectivity index (χ2n) is 7.48. The number of anilines is 3. The second-order valence-corrected chi connectivity index (χ2v) is 9.05. The van der Waals surface area contributed by atoms with Crippen LogP contribution in [0.5, 0.6) is 0 Å². The molecular weight excluding hydrogens is 456 g/mol. The van der Waals surface area contributed by atoms with Crippen molar-refractivity contribution >= 4 is 39.4 Å². The molecule has 1 atom stereocenters. The Hall–Kier alpha value is -3.65. The molecule has 33 heavy (non-hydrogen) atoms. The first-order valence-corrected chi connectivity index (χ1v) is 11.6. The van der Waals surface area contributed by atoms with Crippen molar-refractivity contribution in [2.24, 2.45) is 5.92 Å². The van der Waals surface area contributed by atoms with Crippen LogP contribution in [-0.4, -0.2) is 53.7 Å². The molecule has 1 aliphatic heterocycles. The number of rotatable bonds is 8.